The number of carbonyl (C=O) groups is 3. The maximum absolute atomic E-state index is 13.0. The fraction of sp³-hybridized carbons (Fsp3) is 0.524. The van der Waals surface area contributed by atoms with Crippen LogP contribution in [0.2, 0.25) is 0 Å². The Labute approximate surface area is 179 Å². The van der Waals surface area contributed by atoms with Crippen molar-refractivity contribution in [2.45, 2.75) is 32.7 Å². The third kappa shape index (κ3) is 5.72. The largest absolute Gasteiger partial charge is 0.466 e. The van der Waals surface area contributed by atoms with Gasteiger partial charge in [-0.05, 0) is 26.3 Å². The fourth-order valence-corrected chi connectivity index (χ4v) is 3.71. The first-order chi connectivity index (χ1) is 14.8. The van der Waals surface area contributed by atoms with E-state index in [4.69, 9.17) is 14.2 Å². The predicted octanol–water partition coefficient (Wildman–Crippen LogP) is 2.10. The predicted molar refractivity (Wildman–Crippen MR) is 110 cm³/mol. The Bertz CT molecular complexity index is 854. The lowest BCUT2D eigenvalue weighted by molar-refractivity contribution is -0.384. The minimum Gasteiger partial charge on any atom is -0.466 e. The smallest absolute Gasteiger partial charge is 0.315 e. The number of benzene rings is 1. The Morgan fingerprint density at radius 1 is 1.16 bits per heavy atom. The molecule has 1 aromatic rings. The first kappa shape index (κ1) is 24.1. The molecule has 0 bridgehead atoms. The molecule has 0 saturated carbocycles. The monoisotopic (exact) mass is 434 g/mol. The number of nitrogens with zero attached hydrogens (tertiary/aromatic N) is 2. The summed E-state index contributed by atoms with van der Waals surface area (Å²) >= 11 is 0. The van der Waals surface area contributed by atoms with E-state index in [9.17, 15) is 24.5 Å². The minimum absolute atomic E-state index is 0.000701. The molecule has 0 N–H and O–H groups in total. The van der Waals surface area contributed by atoms with Crippen LogP contribution in [0.3, 0.4) is 0 Å². The number of nitro benzene ring substituents is 1. The average molecular weight is 434 g/mol. The number of carbonyl (C=O) groups excluding carboxylic acids is 3. The highest BCUT2D eigenvalue weighted by Crippen LogP contribution is 2.41. The van der Waals surface area contributed by atoms with Gasteiger partial charge in [-0.2, -0.15) is 0 Å². The number of aldehydes is 1. The maximum Gasteiger partial charge on any atom is 0.315 e. The molecule has 1 heterocycles. The number of rotatable bonds is 10. The van der Waals surface area contributed by atoms with E-state index in [0.29, 0.717) is 24.2 Å². The molecule has 2 rings (SSSR count). The van der Waals surface area contributed by atoms with Gasteiger partial charge in [-0.25, -0.2) is 0 Å². The van der Waals surface area contributed by atoms with Crippen molar-refractivity contribution in [2.24, 2.45) is 16.8 Å². The van der Waals surface area contributed by atoms with Gasteiger partial charge in [0, 0.05) is 30.4 Å². The van der Waals surface area contributed by atoms with Gasteiger partial charge in [-0.1, -0.05) is 12.1 Å². The van der Waals surface area contributed by atoms with Gasteiger partial charge in [0.15, 0.2) is 0 Å². The molecule has 168 valence electrons. The summed E-state index contributed by atoms with van der Waals surface area (Å²) in [7, 11) is 0. The molecule has 4 unspecified atom stereocenters. The first-order valence-electron chi connectivity index (χ1n) is 10.0. The second-order valence-corrected chi connectivity index (χ2v) is 6.89. The molecule has 0 spiro atoms. The third-order valence-corrected chi connectivity index (χ3v) is 5.01. The Morgan fingerprint density at radius 2 is 1.90 bits per heavy atom. The van der Waals surface area contributed by atoms with Crippen molar-refractivity contribution in [1.29, 1.82) is 0 Å². The summed E-state index contributed by atoms with van der Waals surface area (Å²) in [6.45, 7) is 5.72. The normalized spacial score (nSPS) is 22.9. The lowest BCUT2D eigenvalue weighted by atomic mass is 9.70. The van der Waals surface area contributed by atoms with Crippen LogP contribution in [0.4, 0.5) is 5.69 Å². The highest BCUT2D eigenvalue weighted by molar-refractivity contribution is 6.04. The van der Waals surface area contributed by atoms with Crippen molar-refractivity contribution in [2.75, 3.05) is 26.4 Å². The standard InChI is InChI=1S/C21H26N2O8/c1-4-29-9-10-31-20(25)17-13(3)22-16(12-24)19(21(26)30-5-2)18(17)14-7-6-8-15(11-14)23(27)28/h6-8,11-12,16-19H,4-5,9-10H2,1-3H3. The van der Waals surface area contributed by atoms with Crippen LogP contribution in [-0.2, 0) is 28.6 Å². The van der Waals surface area contributed by atoms with E-state index in [0.717, 1.165) is 0 Å². The van der Waals surface area contributed by atoms with Gasteiger partial charge >= 0.3 is 11.9 Å². The third-order valence-electron chi connectivity index (χ3n) is 5.01. The first-order valence-corrected chi connectivity index (χ1v) is 10.0. The lowest BCUT2D eigenvalue weighted by Crippen LogP contribution is -2.47. The van der Waals surface area contributed by atoms with Gasteiger partial charge in [0.25, 0.3) is 5.69 Å². The Kier molecular flexibility index (Phi) is 8.80. The van der Waals surface area contributed by atoms with Gasteiger partial charge in [-0.15, -0.1) is 0 Å². The summed E-state index contributed by atoms with van der Waals surface area (Å²) < 4.78 is 15.6. The van der Waals surface area contributed by atoms with Crippen molar-refractivity contribution in [1.82, 2.24) is 0 Å². The summed E-state index contributed by atoms with van der Waals surface area (Å²) in [6, 6.07) is 4.54. The van der Waals surface area contributed by atoms with Gasteiger partial charge in [0.2, 0.25) is 0 Å². The molecule has 10 nitrogen and oxygen atoms in total. The summed E-state index contributed by atoms with van der Waals surface area (Å²) in [6.07, 6.45) is 0.520. The molecule has 0 aromatic heterocycles. The van der Waals surface area contributed by atoms with Crippen LogP contribution < -0.4 is 0 Å². The minimum atomic E-state index is -1.13. The van der Waals surface area contributed by atoms with Crippen molar-refractivity contribution in [3.05, 3.63) is 39.9 Å². The second kappa shape index (κ2) is 11.3. The van der Waals surface area contributed by atoms with Gasteiger partial charge in [-0.3, -0.25) is 24.7 Å². The van der Waals surface area contributed by atoms with Gasteiger partial charge < -0.3 is 19.0 Å². The zero-order valence-corrected chi connectivity index (χ0v) is 17.7. The second-order valence-electron chi connectivity index (χ2n) is 6.89. The molecule has 1 aliphatic heterocycles. The zero-order chi connectivity index (χ0) is 23.0. The zero-order valence-electron chi connectivity index (χ0n) is 17.7. The van der Waals surface area contributed by atoms with E-state index in [1.165, 1.54) is 18.2 Å². The Morgan fingerprint density at radius 3 is 2.52 bits per heavy atom. The summed E-state index contributed by atoms with van der Waals surface area (Å²) in [5, 5.41) is 11.3. The topological polar surface area (TPSA) is 134 Å². The van der Waals surface area contributed by atoms with Crippen molar-refractivity contribution >= 4 is 29.6 Å². The van der Waals surface area contributed by atoms with E-state index in [2.05, 4.69) is 4.99 Å². The van der Waals surface area contributed by atoms with Crippen LogP contribution in [0.15, 0.2) is 29.3 Å². The molecule has 4 atom stereocenters. The lowest BCUT2D eigenvalue weighted by Gasteiger charge is -2.37. The van der Waals surface area contributed by atoms with Crippen LogP contribution in [0.5, 0.6) is 0 Å². The summed E-state index contributed by atoms with van der Waals surface area (Å²) in [5.74, 6) is -4.44. The molecule has 31 heavy (non-hydrogen) atoms. The van der Waals surface area contributed by atoms with E-state index >= 15 is 0 Å². The molecule has 1 aliphatic rings. The molecular weight excluding hydrogens is 408 g/mol. The number of ether oxygens (including phenoxy) is 3. The maximum atomic E-state index is 13.0. The molecule has 10 heteroatoms. The number of nitro groups is 1. The number of esters is 2. The number of hydrogen-bond acceptors (Lipinski definition) is 9. The Hall–Kier alpha value is -3.14. The quantitative estimate of drug-likeness (QED) is 0.180. The van der Waals surface area contributed by atoms with Gasteiger partial charge in [0.1, 0.15) is 24.9 Å². The van der Waals surface area contributed by atoms with Crippen LogP contribution in [0, 0.1) is 22.0 Å². The van der Waals surface area contributed by atoms with Crippen LogP contribution in [0.25, 0.3) is 0 Å². The molecule has 1 aromatic carbocycles. The molecule has 0 amide bonds. The molecule has 0 radical (unpaired) electrons. The SMILES string of the molecule is CCOCCOC(=O)C1C(C)=NC(C=O)C(C(=O)OCC)C1c1cccc([N+](=O)[O-])c1. The number of aliphatic imine (C=N–C) groups is 1. The van der Waals surface area contributed by atoms with E-state index in [1.54, 1.807) is 19.9 Å². The summed E-state index contributed by atoms with van der Waals surface area (Å²) in [5.41, 5.74) is 0.446. The highest BCUT2D eigenvalue weighted by Gasteiger charge is 2.49. The molecular formula is C21H26N2O8. The number of hydrogen-bond donors (Lipinski definition) is 0. The van der Waals surface area contributed by atoms with Crippen LogP contribution in [0.1, 0.15) is 32.3 Å². The Balaban J connectivity index is 2.54. The molecule has 0 saturated heterocycles. The fourth-order valence-electron chi connectivity index (χ4n) is 3.71. The molecule has 0 aliphatic carbocycles. The van der Waals surface area contributed by atoms with Crippen molar-refractivity contribution in [3.8, 4) is 0 Å². The van der Waals surface area contributed by atoms with Crippen molar-refractivity contribution in [3.63, 3.8) is 0 Å². The molecule has 0 fully saturated rings. The highest BCUT2D eigenvalue weighted by atomic mass is 16.6. The summed E-state index contributed by atoms with van der Waals surface area (Å²) in [4.78, 5) is 52.5. The number of non-ortho nitro benzene ring substituents is 1. The van der Waals surface area contributed by atoms with E-state index in [-0.39, 0.29) is 25.5 Å². The van der Waals surface area contributed by atoms with Gasteiger partial charge in [0.05, 0.1) is 24.1 Å². The van der Waals surface area contributed by atoms with Crippen LogP contribution >= 0.6 is 0 Å². The van der Waals surface area contributed by atoms with Crippen molar-refractivity contribution < 1.29 is 33.5 Å². The van der Waals surface area contributed by atoms with Crippen LogP contribution in [-0.4, -0.2) is 61.3 Å². The average Bonchev–Trinajstić information content (AvgIpc) is 2.75. The van der Waals surface area contributed by atoms with E-state index < -0.39 is 40.7 Å². The van der Waals surface area contributed by atoms with E-state index in [1.807, 2.05) is 6.92 Å².